The quantitative estimate of drug-likeness (QED) is 0.614. The number of fused-ring (bicyclic) bond motifs is 1. The average Bonchev–Trinajstić information content (AvgIpc) is 2.61. The van der Waals surface area contributed by atoms with Gasteiger partial charge in [0.15, 0.2) is 0 Å². The van der Waals surface area contributed by atoms with E-state index in [-0.39, 0.29) is 0 Å². The number of pyridine rings is 1. The van der Waals surface area contributed by atoms with Crippen LogP contribution in [0.5, 0.6) is 0 Å². The van der Waals surface area contributed by atoms with E-state index in [1.807, 2.05) is 51.4 Å². The number of hydrogen-bond donors (Lipinski definition) is 0. The maximum absolute atomic E-state index is 4.08. The number of hydrogen-bond acceptors (Lipinski definition) is 2. The highest BCUT2D eigenvalue weighted by atomic mass is 32.1. The first-order chi connectivity index (χ1) is 7.29. The molecule has 0 saturated heterocycles. The summed E-state index contributed by atoms with van der Waals surface area (Å²) in [5, 5.41) is 1.35. The van der Waals surface area contributed by atoms with Crippen LogP contribution < -0.4 is 0 Å². The summed E-state index contributed by atoms with van der Waals surface area (Å²) in [5.41, 5.74) is 1.40. The van der Waals surface area contributed by atoms with Gasteiger partial charge in [0.05, 0.1) is 4.70 Å². The largest absolute Gasteiger partial charge is 0.263 e. The Bertz CT molecular complexity index is 390. The fourth-order valence-corrected chi connectivity index (χ4v) is 2.24. The molecular formula is C13H21NS. The van der Waals surface area contributed by atoms with Crippen molar-refractivity contribution < 1.29 is 0 Å². The van der Waals surface area contributed by atoms with Gasteiger partial charge in [-0.2, -0.15) is 0 Å². The second-order valence-corrected chi connectivity index (χ2v) is 3.91. The minimum absolute atomic E-state index is 1.29. The zero-order chi connectivity index (χ0) is 11.8. The van der Waals surface area contributed by atoms with Crippen LogP contribution in [0.3, 0.4) is 0 Å². The lowest BCUT2D eigenvalue weighted by Gasteiger charge is -1.88. The van der Waals surface area contributed by atoms with Gasteiger partial charge in [-0.05, 0) is 30.9 Å². The summed E-state index contributed by atoms with van der Waals surface area (Å²) in [5.74, 6) is 0. The minimum Gasteiger partial charge on any atom is -0.263 e. The third-order valence-electron chi connectivity index (χ3n) is 1.98. The maximum Gasteiger partial charge on any atom is 0.0531 e. The van der Waals surface area contributed by atoms with E-state index in [1.165, 1.54) is 20.5 Å². The molecule has 2 aromatic heterocycles. The lowest BCUT2D eigenvalue weighted by atomic mass is 10.2. The summed E-state index contributed by atoms with van der Waals surface area (Å²) in [4.78, 5) is 5.47. The molecule has 0 atom stereocenters. The Morgan fingerprint density at radius 2 is 1.67 bits per heavy atom. The highest BCUT2D eigenvalue weighted by molar-refractivity contribution is 7.19. The zero-order valence-electron chi connectivity index (χ0n) is 10.6. The van der Waals surface area contributed by atoms with Crippen LogP contribution in [0.2, 0.25) is 0 Å². The lowest BCUT2D eigenvalue weighted by Crippen LogP contribution is -1.70. The molecule has 15 heavy (non-hydrogen) atoms. The molecule has 0 N–H and O–H groups in total. The van der Waals surface area contributed by atoms with Gasteiger partial charge in [-0.3, -0.25) is 4.98 Å². The van der Waals surface area contributed by atoms with Crippen LogP contribution in [-0.2, 0) is 0 Å². The van der Waals surface area contributed by atoms with Gasteiger partial charge >= 0.3 is 0 Å². The predicted octanol–water partition coefficient (Wildman–Crippen LogP) is 4.97. The van der Waals surface area contributed by atoms with Crippen molar-refractivity contribution in [1.82, 2.24) is 4.98 Å². The van der Waals surface area contributed by atoms with Gasteiger partial charge in [0.25, 0.3) is 0 Å². The average molecular weight is 223 g/mol. The van der Waals surface area contributed by atoms with Gasteiger partial charge in [0, 0.05) is 17.3 Å². The molecule has 0 saturated carbocycles. The van der Waals surface area contributed by atoms with Crippen LogP contribution in [0.4, 0.5) is 0 Å². The number of nitrogens with zero attached hydrogens (tertiary/aromatic N) is 1. The highest BCUT2D eigenvalue weighted by Crippen LogP contribution is 2.28. The first-order valence-electron chi connectivity index (χ1n) is 5.59. The van der Waals surface area contributed by atoms with Crippen LogP contribution in [-0.4, -0.2) is 4.98 Å². The van der Waals surface area contributed by atoms with Crippen molar-refractivity contribution in [2.24, 2.45) is 0 Å². The molecule has 2 rings (SSSR count). The van der Waals surface area contributed by atoms with Gasteiger partial charge in [-0.15, -0.1) is 11.3 Å². The molecule has 0 aliphatic carbocycles. The zero-order valence-corrected chi connectivity index (χ0v) is 11.4. The van der Waals surface area contributed by atoms with E-state index in [0.717, 1.165) is 0 Å². The van der Waals surface area contributed by atoms with Crippen molar-refractivity contribution in [2.45, 2.75) is 41.5 Å². The van der Waals surface area contributed by atoms with Gasteiger partial charge in [0.1, 0.15) is 0 Å². The third kappa shape index (κ3) is 3.31. The summed E-state index contributed by atoms with van der Waals surface area (Å²) in [6, 6.07) is 2.08. The lowest BCUT2D eigenvalue weighted by molar-refractivity contribution is 1.37. The van der Waals surface area contributed by atoms with E-state index in [1.54, 1.807) is 0 Å². The Kier molecular flexibility index (Phi) is 6.97. The summed E-state index contributed by atoms with van der Waals surface area (Å²) in [6.45, 7) is 12.3. The molecule has 84 valence electrons. The Hall–Kier alpha value is -0.890. The van der Waals surface area contributed by atoms with Crippen molar-refractivity contribution >= 4 is 21.4 Å². The maximum atomic E-state index is 4.08. The van der Waals surface area contributed by atoms with E-state index >= 15 is 0 Å². The third-order valence-corrected chi connectivity index (χ3v) is 3.14. The number of aromatic nitrogens is 1. The van der Waals surface area contributed by atoms with E-state index in [2.05, 4.69) is 24.9 Å². The van der Waals surface area contributed by atoms with E-state index in [9.17, 15) is 0 Å². The molecule has 0 aromatic carbocycles. The molecule has 0 bridgehead atoms. The highest BCUT2D eigenvalue weighted by Gasteiger charge is 2.02. The molecule has 0 spiro atoms. The SMILES string of the molecule is CC.CC.Cc1sc2cnccc2c1C. The minimum atomic E-state index is 1.29. The Balaban J connectivity index is 0.000000442. The molecule has 1 nitrogen and oxygen atoms in total. The van der Waals surface area contributed by atoms with Crippen molar-refractivity contribution in [2.75, 3.05) is 0 Å². The molecule has 2 aromatic rings. The second kappa shape index (κ2) is 7.41. The summed E-state index contributed by atoms with van der Waals surface area (Å²) >= 11 is 1.82. The van der Waals surface area contributed by atoms with Gasteiger partial charge < -0.3 is 0 Å². The molecule has 2 heteroatoms. The van der Waals surface area contributed by atoms with Crippen molar-refractivity contribution in [3.05, 3.63) is 28.9 Å². The molecule has 0 aliphatic heterocycles. The fraction of sp³-hybridized carbons (Fsp3) is 0.462. The van der Waals surface area contributed by atoms with Gasteiger partial charge in [0.2, 0.25) is 0 Å². The Morgan fingerprint density at radius 3 is 2.20 bits per heavy atom. The molecule has 0 fully saturated rings. The van der Waals surface area contributed by atoms with Crippen molar-refractivity contribution in [3.8, 4) is 0 Å². The van der Waals surface area contributed by atoms with Crippen LogP contribution in [0, 0.1) is 13.8 Å². The van der Waals surface area contributed by atoms with Crippen molar-refractivity contribution in [3.63, 3.8) is 0 Å². The summed E-state index contributed by atoms with van der Waals surface area (Å²) in [7, 11) is 0. The van der Waals surface area contributed by atoms with Crippen LogP contribution in [0.1, 0.15) is 38.1 Å². The number of rotatable bonds is 0. The van der Waals surface area contributed by atoms with Gasteiger partial charge in [-0.1, -0.05) is 27.7 Å². The number of thiophene rings is 1. The van der Waals surface area contributed by atoms with E-state index in [4.69, 9.17) is 0 Å². The molecule has 0 unspecified atom stereocenters. The standard InChI is InChI=1S/C9H9NS.2C2H6/c1-6-7(2)11-9-5-10-4-3-8(6)9;2*1-2/h3-5H,1-2H3;2*1-2H3. The normalized spacial score (nSPS) is 8.67. The molecule has 0 aliphatic rings. The predicted molar refractivity (Wildman–Crippen MR) is 71.8 cm³/mol. The summed E-state index contributed by atoms with van der Waals surface area (Å²) in [6.07, 6.45) is 3.78. The topological polar surface area (TPSA) is 12.9 Å². The monoisotopic (exact) mass is 223 g/mol. The molecule has 0 radical (unpaired) electrons. The Morgan fingerprint density at radius 1 is 1.07 bits per heavy atom. The Labute approximate surface area is 97.2 Å². The summed E-state index contributed by atoms with van der Waals surface area (Å²) < 4.78 is 1.29. The van der Waals surface area contributed by atoms with E-state index in [0.29, 0.717) is 0 Å². The van der Waals surface area contributed by atoms with Crippen LogP contribution in [0.15, 0.2) is 18.5 Å². The molecule has 0 amide bonds. The van der Waals surface area contributed by atoms with Crippen molar-refractivity contribution in [1.29, 1.82) is 0 Å². The second-order valence-electron chi connectivity index (χ2n) is 2.66. The van der Waals surface area contributed by atoms with Gasteiger partial charge in [-0.25, -0.2) is 0 Å². The van der Waals surface area contributed by atoms with Crippen LogP contribution in [0.25, 0.3) is 10.1 Å². The fourth-order valence-electron chi connectivity index (χ4n) is 1.20. The molecular weight excluding hydrogens is 202 g/mol. The van der Waals surface area contributed by atoms with Crippen LogP contribution >= 0.6 is 11.3 Å². The number of aryl methyl sites for hydroxylation is 2. The first kappa shape index (κ1) is 14.1. The molecule has 2 heterocycles. The smallest absolute Gasteiger partial charge is 0.0531 e. The first-order valence-corrected chi connectivity index (χ1v) is 6.40. The van der Waals surface area contributed by atoms with E-state index < -0.39 is 0 Å².